The Morgan fingerprint density at radius 1 is 1.02 bits per heavy atom. The van der Waals surface area contributed by atoms with Crippen LogP contribution in [0.4, 0.5) is 5.69 Å². The quantitative estimate of drug-likeness (QED) is 0.385. The molecule has 1 atom stereocenters. The number of carbonyl (C=O) groups is 2. The highest BCUT2D eigenvalue weighted by Gasteiger charge is 2.45. The number of hydrazine groups is 1. The number of amides is 2. The van der Waals surface area contributed by atoms with Gasteiger partial charge in [-0.3, -0.25) is 19.6 Å². The minimum atomic E-state index is -4.07. The number of hydrogen-bond donors (Lipinski definition) is 1. The second-order valence-corrected chi connectivity index (χ2v) is 13.7. The highest BCUT2D eigenvalue weighted by atomic mass is 35.5. The zero-order chi connectivity index (χ0) is 30.7. The van der Waals surface area contributed by atoms with Crippen molar-refractivity contribution in [2.75, 3.05) is 65.3 Å². The van der Waals surface area contributed by atoms with E-state index >= 15 is 0 Å². The molecule has 3 aromatic rings. The number of piperazine rings is 1. The van der Waals surface area contributed by atoms with Crippen LogP contribution in [0.15, 0.2) is 65.8 Å². The van der Waals surface area contributed by atoms with Crippen molar-refractivity contribution in [3.63, 3.8) is 0 Å². The average molecular weight is 628 g/mol. The van der Waals surface area contributed by atoms with Crippen LogP contribution in [0.2, 0.25) is 5.02 Å². The number of pyridine rings is 1. The van der Waals surface area contributed by atoms with E-state index in [9.17, 15) is 18.0 Å². The number of likely N-dealkylation sites (N-methyl/N-ethyl adjacent to an activating group) is 1. The topological polar surface area (TPSA) is 109 Å². The van der Waals surface area contributed by atoms with Gasteiger partial charge in [0, 0.05) is 68.9 Å². The SMILES string of the molecule is CN(C)CCNC(=O)C1CN(S(=O)(=O)c2ccc3cc(Cl)ccc3c2)CC(=O)N1N(C)C1CCN(c2ccncc2)CC1. The summed E-state index contributed by atoms with van der Waals surface area (Å²) < 4.78 is 28.8. The van der Waals surface area contributed by atoms with Crippen LogP contribution in [0.3, 0.4) is 0 Å². The first-order chi connectivity index (χ1) is 20.5. The van der Waals surface area contributed by atoms with Gasteiger partial charge in [-0.05, 0) is 74.1 Å². The van der Waals surface area contributed by atoms with Gasteiger partial charge in [-0.15, -0.1) is 0 Å². The van der Waals surface area contributed by atoms with Crippen LogP contribution >= 0.6 is 11.6 Å². The molecular weight excluding hydrogens is 590 g/mol. The molecule has 0 aliphatic carbocycles. The number of carbonyl (C=O) groups excluding carboxylic acids is 2. The molecule has 0 spiro atoms. The summed E-state index contributed by atoms with van der Waals surface area (Å²) in [7, 11) is 1.55. The molecule has 1 unspecified atom stereocenters. The van der Waals surface area contributed by atoms with Crippen molar-refractivity contribution in [2.45, 2.75) is 29.8 Å². The number of sulfonamides is 1. The Morgan fingerprint density at radius 2 is 1.70 bits per heavy atom. The van der Waals surface area contributed by atoms with Gasteiger partial charge in [0.2, 0.25) is 15.9 Å². The van der Waals surface area contributed by atoms with Gasteiger partial charge < -0.3 is 15.1 Å². The Bertz CT molecular complexity index is 1570. The van der Waals surface area contributed by atoms with Crippen LogP contribution < -0.4 is 10.2 Å². The van der Waals surface area contributed by atoms with Crippen molar-refractivity contribution in [3.8, 4) is 0 Å². The predicted octanol–water partition coefficient (Wildman–Crippen LogP) is 2.28. The lowest BCUT2D eigenvalue weighted by Crippen LogP contribution is -2.68. The van der Waals surface area contributed by atoms with Crippen molar-refractivity contribution < 1.29 is 18.0 Å². The second-order valence-electron chi connectivity index (χ2n) is 11.3. The number of nitrogens with zero attached hydrogens (tertiary/aromatic N) is 6. The summed E-state index contributed by atoms with van der Waals surface area (Å²) in [5.74, 6) is -0.821. The fourth-order valence-electron chi connectivity index (χ4n) is 5.76. The molecule has 1 N–H and O–H groups in total. The van der Waals surface area contributed by atoms with E-state index in [0.717, 1.165) is 41.3 Å². The number of fused-ring (bicyclic) bond motifs is 1. The summed E-state index contributed by atoms with van der Waals surface area (Å²) in [5.41, 5.74) is 1.10. The van der Waals surface area contributed by atoms with Crippen LogP contribution in [0.5, 0.6) is 0 Å². The van der Waals surface area contributed by atoms with Crippen LogP contribution in [0.1, 0.15) is 12.8 Å². The number of rotatable bonds is 9. The van der Waals surface area contributed by atoms with Crippen LogP contribution in [-0.2, 0) is 19.6 Å². The molecule has 5 rings (SSSR count). The van der Waals surface area contributed by atoms with Gasteiger partial charge in [0.05, 0.1) is 11.4 Å². The summed E-state index contributed by atoms with van der Waals surface area (Å²) in [4.78, 5) is 35.7. The van der Waals surface area contributed by atoms with E-state index in [1.807, 2.05) is 43.2 Å². The largest absolute Gasteiger partial charge is 0.371 e. The van der Waals surface area contributed by atoms with Crippen LogP contribution in [0, 0.1) is 0 Å². The molecule has 13 heteroatoms. The molecule has 230 valence electrons. The Labute approximate surface area is 258 Å². The maximum atomic E-state index is 13.8. The third-order valence-corrected chi connectivity index (χ3v) is 10.2. The molecule has 2 amide bonds. The molecular formula is C30H38ClN7O4S. The number of anilines is 1. The van der Waals surface area contributed by atoms with Gasteiger partial charge in [0.25, 0.3) is 5.91 Å². The van der Waals surface area contributed by atoms with Crippen molar-refractivity contribution >= 4 is 49.9 Å². The fourth-order valence-corrected chi connectivity index (χ4v) is 7.37. The monoisotopic (exact) mass is 627 g/mol. The Hall–Kier alpha value is -3.29. The summed E-state index contributed by atoms with van der Waals surface area (Å²) in [6.07, 6.45) is 5.10. The standard InChI is InChI=1S/C30H38ClN7O4S/c1-34(2)17-14-33-30(40)28-20-37(43(41,42)27-7-5-22-18-24(31)6-4-23(22)19-27)21-29(39)38(28)35(3)25-10-15-36(16-11-25)26-8-12-32-13-9-26/h4-9,12-13,18-19,25,28H,10-11,14-17,20-21H2,1-3H3,(H,33,40). The van der Waals surface area contributed by atoms with Gasteiger partial charge in [-0.2, -0.15) is 4.31 Å². The minimum absolute atomic E-state index is 0.00887. The number of aromatic nitrogens is 1. The van der Waals surface area contributed by atoms with E-state index in [-0.39, 0.29) is 29.9 Å². The molecule has 2 aromatic carbocycles. The third-order valence-electron chi connectivity index (χ3n) is 8.17. The van der Waals surface area contributed by atoms with E-state index in [1.165, 1.54) is 11.1 Å². The molecule has 2 fully saturated rings. The van der Waals surface area contributed by atoms with Crippen molar-refractivity contribution in [1.82, 2.24) is 29.5 Å². The van der Waals surface area contributed by atoms with E-state index < -0.39 is 22.0 Å². The van der Waals surface area contributed by atoms with Gasteiger partial charge in [0.1, 0.15) is 6.04 Å². The van der Waals surface area contributed by atoms with Crippen molar-refractivity contribution in [2.24, 2.45) is 0 Å². The molecule has 2 saturated heterocycles. The van der Waals surface area contributed by atoms with Crippen molar-refractivity contribution in [1.29, 1.82) is 0 Å². The van der Waals surface area contributed by atoms with E-state index in [2.05, 4.69) is 15.2 Å². The van der Waals surface area contributed by atoms with Crippen LogP contribution in [-0.4, -0.2) is 117 Å². The summed E-state index contributed by atoms with van der Waals surface area (Å²) in [6.45, 7) is 2.05. The number of hydrogen-bond acceptors (Lipinski definition) is 8. The molecule has 2 aliphatic heterocycles. The normalized spacial score (nSPS) is 19.0. The smallest absolute Gasteiger partial charge is 0.252 e. The van der Waals surface area contributed by atoms with Gasteiger partial charge in [0.15, 0.2) is 0 Å². The van der Waals surface area contributed by atoms with Gasteiger partial charge >= 0.3 is 0 Å². The third kappa shape index (κ3) is 6.94. The number of nitrogens with one attached hydrogen (secondary N) is 1. The van der Waals surface area contributed by atoms with E-state index in [1.54, 1.807) is 42.7 Å². The molecule has 11 nitrogen and oxygen atoms in total. The molecule has 43 heavy (non-hydrogen) atoms. The summed E-state index contributed by atoms with van der Waals surface area (Å²) in [6, 6.07) is 13.0. The van der Waals surface area contributed by atoms with E-state index in [4.69, 9.17) is 11.6 Å². The first-order valence-corrected chi connectivity index (χ1v) is 16.2. The molecule has 2 aliphatic rings. The van der Waals surface area contributed by atoms with E-state index in [0.29, 0.717) is 23.5 Å². The Morgan fingerprint density at radius 3 is 2.40 bits per heavy atom. The summed E-state index contributed by atoms with van der Waals surface area (Å²) in [5, 5.41) is 8.32. The molecule has 1 aromatic heterocycles. The maximum Gasteiger partial charge on any atom is 0.252 e. The zero-order valence-electron chi connectivity index (χ0n) is 24.7. The average Bonchev–Trinajstić information content (AvgIpc) is 3.00. The molecule has 0 radical (unpaired) electrons. The minimum Gasteiger partial charge on any atom is -0.371 e. The number of halogens is 1. The fraction of sp³-hybridized carbons (Fsp3) is 0.433. The predicted molar refractivity (Wildman–Crippen MR) is 167 cm³/mol. The maximum absolute atomic E-state index is 13.8. The van der Waals surface area contributed by atoms with Crippen molar-refractivity contribution in [3.05, 3.63) is 65.9 Å². The zero-order valence-corrected chi connectivity index (χ0v) is 26.3. The lowest BCUT2D eigenvalue weighted by Gasteiger charge is -2.48. The molecule has 3 heterocycles. The highest BCUT2D eigenvalue weighted by Crippen LogP contribution is 2.29. The van der Waals surface area contributed by atoms with Crippen LogP contribution in [0.25, 0.3) is 10.8 Å². The first-order valence-electron chi connectivity index (χ1n) is 14.4. The first kappa shape index (κ1) is 31.1. The number of benzene rings is 2. The second kappa shape index (κ2) is 13.1. The summed E-state index contributed by atoms with van der Waals surface area (Å²) >= 11 is 6.10. The number of piperidine rings is 1. The van der Waals surface area contributed by atoms with Gasteiger partial charge in [-0.1, -0.05) is 23.7 Å². The van der Waals surface area contributed by atoms with Gasteiger partial charge in [-0.25, -0.2) is 13.4 Å². The molecule has 0 bridgehead atoms. The Kier molecular flexibility index (Phi) is 9.52. The lowest BCUT2D eigenvalue weighted by molar-refractivity contribution is -0.170. The lowest BCUT2D eigenvalue weighted by atomic mass is 10.0. The molecule has 0 saturated carbocycles. The highest BCUT2D eigenvalue weighted by molar-refractivity contribution is 7.89. The Balaban J connectivity index is 1.36.